The summed E-state index contributed by atoms with van der Waals surface area (Å²) in [6.07, 6.45) is 2.30. The molecule has 17 heavy (non-hydrogen) atoms. The third-order valence-electron chi connectivity index (χ3n) is 2.02. The van der Waals surface area contributed by atoms with Crippen molar-refractivity contribution in [3.05, 3.63) is 12.7 Å². The van der Waals surface area contributed by atoms with Crippen LogP contribution < -0.4 is 5.32 Å². The van der Waals surface area contributed by atoms with Crippen LogP contribution in [0.3, 0.4) is 0 Å². The van der Waals surface area contributed by atoms with Crippen molar-refractivity contribution in [2.24, 2.45) is 5.92 Å². The maximum Gasteiger partial charge on any atom is 0.409 e. The molecule has 0 bridgehead atoms. The van der Waals surface area contributed by atoms with Gasteiger partial charge in [-0.2, -0.15) is 5.10 Å². The molecule has 1 amide bonds. The highest BCUT2D eigenvalue weighted by Crippen LogP contribution is 2.14. The first-order valence-electron chi connectivity index (χ1n) is 5.63. The number of hydrogen-bond donors (Lipinski definition) is 1. The summed E-state index contributed by atoms with van der Waals surface area (Å²) in [7, 11) is 0. The summed E-state index contributed by atoms with van der Waals surface area (Å²) in [5, 5.41) is 6.80. The number of nitrogens with one attached hydrogen (secondary N) is 1. The molecule has 0 radical (unpaired) electrons. The Bertz CT molecular complexity index is 354. The Balaban J connectivity index is 2.66. The summed E-state index contributed by atoms with van der Waals surface area (Å²) in [6, 6.07) is 0. The van der Waals surface area contributed by atoms with Crippen LogP contribution >= 0.6 is 0 Å². The number of amides is 1. The van der Waals surface area contributed by atoms with Crippen LogP contribution in [0.4, 0.5) is 4.79 Å². The summed E-state index contributed by atoms with van der Waals surface area (Å²) in [6.45, 7) is 9.46. The fourth-order valence-electron chi connectivity index (χ4n) is 1.33. The number of alkyl carbamates (subject to hydrolysis) is 1. The monoisotopic (exact) mass is 240 g/mol. The molecule has 1 aromatic rings. The van der Waals surface area contributed by atoms with Gasteiger partial charge in [0.05, 0.1) is 0 Å². The lowest BCUT2D eigenvalue weighted by Crippen LogP contribution is -2.39. The van der Waals surface area contributed by atoms with Crippen LogP contribution in [-0.2, 0) is 4.74 Å². The molecule has 0 aliphatic rings. The van der Waals surface area contributed by atoms with Gasteiger partial charge in [-0.3, -0.25) is 5.32 Å². The van der Waals surface area contributed by atoms with Crippen LogP contribution in [0.1, 0.15) is 40.8 Å². The number of aromatic nitrogens is 3. The zero-order chi connectivity index (χ0) is 13.1. The normalized spacial score (nSPS) is 13.5. The van der Waals surface area contributed by atoms with Gasteiger partial charge in [0.25, 0.3) is 0 Å². The van der Waals surface area contributed by atoms with E-state index in [1.165, 1.54) is 6.33 Å². The number of rotatable bonds is 3. The van der Waals surface area contributed by atoms with Crippen LogP contribution in [0, 0.1) is 5.92 Å². The molecule has 0 saturated heterocycles. The number of hydrogen-bond acceptors (Lipinski definition) is 4. The first kappa shape index (κ1) is 13.5. The molecular weight excluding hydrogens is 220 g/mol. The van der Waals surface area contributed by atoms with Gasteiger partial charge in [0.1, 0.15) is 24.4 Å². The van der Waals surface area contributed by atoms with E-state index in [1.807, 2.05) is 34.6 Å². The van der Waals surface area contributed by atoms with Crippen molar-refractivity contribution < 1.29 is 9.53 Å². The van der Waals surface area contributed by atoms with Crippen LogP contribution in [0.5, 0.6) is 0 Å². The first-order chi connectivity index (χ1) is 7.79. The van der Waals surface area contributed by atoms with E-state index < -0.39 is 11.7 Å². The highest BCUT2D eigenvalue weighted by Gasteiger charge is 2.22. The van der Waals surface area contributed by atoms with E-state index in [0.29, 0.717) is 0 Å². The van der Waals surface area contributed by atoms with Gasteiger partial charge in [0.15, 0.2) is 0 Å². The van der Waals surface area contributed by atoms with Gasteiger partial charge in [-0.25, -0.2) is 14.5 Å². The first-order valence-corrected chi connectivity index (χ1v) is 5.63. The van der Waals surface area contributed by atoms with Gasteiger partial charge in [-0.1, -0.05) is 13.8 Å². The predicted octanol–water partition coefficient (Wildman–Crippen LogP) is 1.96. The van der Waals surface area contributed by atoms with Gasteiger partial charge in [-0.05, 0) is 26.7 Å². The van der Waals surface area contributed by atoms with Crippen LogP contribution in [0.25, 0.3) is 0 Å². The summed E-state index contributed by atoms with van der Waals surface area (Å²) >= 11 is 0. The molecule has 0 saturated carbocycles. The molecule has 1 N–H and O–H groups in total. The molecule has 6 heteroatoms. The minimum absolute atomic E-state index is 0.184. The number of carbonyl (C=O) groups is 1. The van der Waals surface area contributed by atoms with Crippen LogP contribution in [0.15, 0.2) is 12.7 Å². The molecule has 0 aromatic carbocycles. The maximum atomic E-state index is 11.7. The largest absolute Gasteiger partial charge is 0.444 e. The zero-order valence-corrected chi connectivity index (χ0v) is 11.0. The Morgan fingerprint density at radius 2 is 2.06 bits per heavy atom. The summed E-state index contributed by atoms with van der Waals surface area (Å²) < 4.78 is 6.81. The van der Waals surface area contributed by atoms with Crippen molar-refractivity contribution in [1.29, 1.82) is 0 Å². The van der Waals surface area contributed by atoms with E-state index in [9.17, 15) is 4.79 Å². The summed E-state index contributed by atoms with van der Waals surface area (Å²) in [4.78, 5) is 15.5. The Kier molecular flexibility index (Phi) is 4.09. The Morgan fingerprint density at radius 3 is 2.47 bits per heavy atom. The summed E-state index contributed by atoms with van der Waals surface area (Å²) in [5.74, 6) is 0.184. The van der Waals surface area contributed by atoms with Gasteiger partial charge in [-0.15, -0.1) is 0 Å². The molecule has 0 aliphatic carbocycles. The highest BCUT2D eigenvalue weighted by molar-refractivity contribution is 5.67. The lowest BCUT2D eigenvalue weighted by molar-refractivity contribution is 0.0452. The van der Waals surface area contributed by atoms with Gasteiger partial charge in [0.2, 0.25) is 0 Å². The van der Waals surface area contributed by atoms with Crippen molar-refractivity contribution >= 4 is 6.09 Å². The van der Waals surface area contributed by atoms with E-state index >= 15 is 0 Å². The molecule has 6 nitrogen and oxygen atoms in total. The third kappa shape index (κ3) is 4.42. The molecule has 1 aromatic heterocycles. The molecule has 0 spiro atoms. The number of ether oxygens (including phenoxy) is 1. The minimum Gasteiger partial charge on any atom is -0.444 e. The van der Waals surface area contributed by atoms with Crippen LogP contribution in [-0.4, -0.2) is 26.5 Å². The van der Waals surface area contributed by atoms with E-state index in [2.05, 4.69) is 15.4 Å². The minimum atomic E-state index is -0.506. The maximum absolute atomic E-state index is 11.7. The average Bonchev–Trinajstić information content (AvgIpc) is 2.63. The molecule has 1 atom stereocenters. The van der Waals surface area contributed by atoms with Crippen molar-refractivity contribution in [3.63, 3.8) is 0 Å². The van der Waals surface area contributed by atoms with Crippen LogP contribution in [0.2, 0.25) is 0 Å². The fourth-order valence-corrected chi connectivity index (χ4v) is 1.33. The molecule has 0 aliphatic heterocycles. The van der Waals surface area contributed by atoms with E-state index in [4.69, 9.17) is 4.74 Å². The fraction of sp³-hybridized carbons (Fsp3) is 0.727. The van der Waals surface area contributed by atoms with Crippen molar-refractivity contribution in [3.8, 4) is 0 Å². The molecule has 1 rings (SSSR count). The van der Waals surface area contributed by atoms with Gasteiger partial charge < -0.3 is 4.74 Å². The Morgan fingerprint density at radius 1 is 1.41 bits per heavy atom. The van der Waals surface area contributed by atoms with Gasteiger partial charge in [0, 0.05) is 0 Å². The average molecular weight is 240 g/mol. The topological polar surface area (TPSA) is 69.0 Å². The van der Waals surface area contributed by atoms with E-state index in [1.54, 1.807) is 11.0 Å². The Hall–Kier alpha value is -1.59. The van der Waals surface area contributed by atoms with E-state index in [-0.39, 0.29) is 12.1 Å². The molecule has 96 valence electrons. The SMILES string of the molecule is CC(C)C(NC(=O)OC(C)(C)C)n1cncn1. The van der Waals surface area contributed by atoms with Crippen molar-refractivity contribution in [2.45, 2.75) is 46.4 Å². The smallest absolute Gasteiger partial charge is 0.409 e. The highest BCUT2D eigenvalue weighted by atomic mass is 16.6. The second-order valence-electron chi connectivity index (χ2n) is 5.21. The third-order valence-corrected chi connectivity index (χ3v) is 2.02. The lowest BCUT2D eigenvalue weighted by Gasteiger charge is -2.25. The molecule has 0 fully saturated rings. The van der Waals surface area contributed by atoms with E-state index in [0.717, 1.165) is 0 Å². The summed E-state index contributed by atoms with van der Waals surface area (Å²) in [5.41, 5.74) is -0.506. The number of nitrogens with zero attached hydrogens (tertiary/aromatic N) is 3. The zero-order valence-electron chi connectivity index (χ0n) is 11.0. The standard InChI is InChI=1S/C11H20N4O2/c1-8(2)9(15-7-12-6-13-15)14-10(16)17-11(3,4)5/h6-9H,1-5H3,(H,14,16). The molecular formula is C11H20N4O2. The molecule has 1 unspecified atom stereocenters. The number of carbonyl (C=O) groups excluding carboxylic acids is 1. The lowest BCUT2D eigenvalue weighted by atomic mass is 10.1. The Labute approximate surface area is 101 Å². The molecule has 1 heterocycles. The van der Waals surface area contributed by atoms with Gasteiger partial charge >= 0.3 is 6.09 Å². The van der Waals surface area contributed by atoms with Crippen molar-refractivity contribution in [2.75, 3.05) is 0 Å². The van der Waals surface area contributed by atoms with Crippen molar-refractivity contribution in [1.82, 2.24) is 20.1 Å². The predicted molar refractivity (Wildman–Crippen MR) is 63.3 cm³/mol. The quantitative estimate of drug-likeness (QED) is 0.876. The second-order valence-corrected chi connectivity index (χ2v) is 5.21. The second kappa shape index (κ2) is 5.16.